The lowest BCUT2D eigenvalue weighted by molar-refractivity contribution is 0.171. The molecule has 2 heterocycles. The van der Waals surface area contributed by atoms with Crippen molar-refractivity contribution in [1.82, 2.24) is 18.7 Å². The molecule has 1 fully saturated rings. The smallest absolute Gasteiger partial charge is 0.332 e. The third-order valence-electron chi connectivity index (χ3n) is 6.13. The molecule has 0 aliphatic heterocycles. The van der Waals surface area contributed by atoms with Crippen LogP contribution >= 0.6 is 15.9 Å². The van der Waals surface area contributed by atoms with Crippen molar-refractivity contribution in [3.05, 3.63) is 54.6 Å². The van der Waals surface area contributed by atoms with Crippen LogP contribution in [0.4, 0.5) is 5.95 Å². The number of benzene rings is 1. The summed E-state index contributed by atoms with van der Waals surface area (Å²) in [4.78, 5) is 30.8. The van der Waals surface area contributed by atoms with Crippen molar-refractivity contribution in [2.75, 3.05) is 11.9 Å². The van der Waals surface area contributed by atoms with Gasteiger partial charge in [-0.15, -0.1) is 0 Å². The second-order valence-electron chi connectivity index (χ2n) is 8.23. The molecule has 172 valence electrons. The molecule has 0 radical (unpaired) electrons. The molecule has 0 amide bonds. The molecule has 0 bridgehead atoms. The lowest BCUT2D eigenvalue weighted by Gasteiger charge is -2.18. The highest BCUT2D eigenvalue weighted by atomic mass is 79.9. The van der Waals surface area contributed by atoms with E-state index in [1.54, 1.807) is 11.5 Å². The highest BCUT2D eigenvalue weighted by Crippen LogP contribution is 2.26. The third-order valence-corrected chi connectivity index (χ3v) is 6.98. The minimum absolute atomic E-state index is 0.0359. The van der Waals surface area contributed by atoms with E-state index >= 15 is 0 Å². The Morgan fingerprint density at radius 1 is 1.22 bits per heavy atom. The molecular weight excluding hydrogens is 478 g/mol. The molecule has 1 saturated carbocycles. The normalized spacial score (nSPS) is 18.5. The molecule has 1 aromatic carbocycles. The summed E-state index contributed by atoms with van der Waals surface area (Å²) in [5.74, 6) is 0.430. The van der Waals surface area contributed by atoms with Crippen LogP contribution in [-0.2, 0) is 19.6 Å². The molecule has 0 saturated heterocycles. The Labute approximate surface area is 193 Å². The molecule has 0 spiro atoms. The van der Waals surface area contributed by atoms with Crippen LogP contribution in [0.2, 0.25) is 0 Å². The van der Waals surface area contributed by atoms with Crippen molar-refractivity contribution < 1.29 is 10.2 Å². The van der Waals surface area contributed by atoms with E-state index < -0.39 is 17.4 Å². The highest BCUT2D eigenvalue weighted by molar-refractivity contribution is 9.10. The van der Waals surface area contributed by atoms with Crippen LogP contribution in [-0.4, -0.2) is 47.7 Å². The summed E-state index contributed by atoms with van der Waals surface area (Å²) in [5.41, 5.74) is 1.68. The van der Waals surface area contributed by atoms with Gasteiger partial charge in [0, 0.05) is 11.0 Å². The van der Waals surface area contributed by atoms with E-state index in [1.165, 1.54) is 4.57 Å². The Bertz CT molecular complexity index is 1260. The predicted molar refractivity (Wildman–Crippen MR) is 126 cm³/mol. The summed E-state index contributed by atoms with van der Waals surface area (Å²) < 4.78 is 5.25. The van der Waals surface area contributed by atoms with Gasteiger partial charge in [-0.05, 0) is 50.3 Å². The van der Waals surface area contributed by atoms with Gasteiger partial charge in [-0.1, -0.05) is 28.1 Å². The van der Waals surface area contributed by atoms with E-state index in [-0.39, 0.29) is 31.4 Å². The zero-order chi connectivity index (χ0) is 23.0. The average molecular weight is 506 g/mol. The Kier molecular flexibility index (Phi) is 6.55. The largest absolute Gasteiger partial charge is 0.395 e. The van der Waals surface area contributed by atoms with E-state index in [0.29, 0.717) is 24.4 Å². The summed E-state index contributed by atoms with van der Waals surface area (Å²) in [7, 11) is 0. The van der Waals surface area contributed by atoms with Gasteiger partial charge in [0.1, 0.15) is 0 Å². The number of hydrogen-bond acceptors (Lipinski definition) is 6. The number of nitrogens with one attached hydrogen (secondary N) is 1. The second-order valence-corrected chi connectivity index (χ2v) is 9.09. The van der Waals surface area contributed by atoms with Gasteiger partial charge in [0.25, 0.3) is 5.56 Å². The lowest BCUT2D eigenvalue weighted by Crippen LogP contribution is -2.40. The second kappa shape index (κ2) is 9.21. The number of anilines is 1. The summed E-state index contributed by atoms with van der Waals surface area (Å²) in [6.07, 6.45) is 1.91. The van der Waals surface area contributed by atoms with E-state index in [1.807, 2.05) is 25.1 Å². The van der Waals surface area contributed by atoms with Gasteiger partial charge in [0.05, 0.1) is 31.8 Å². The van der Waals surface area contributed by atoms with Crippen LogP contribution in [0.5, 0.6) is 0 Å². The molecule has 9 nitrogen and oxygen atoms in total. The number of nitrogens with zero attached hydrogens (tertiary/aromatic N) is 4. The van der Waals surface area contributed by atoms with Crippen LogP contribution in [0.1, 0.15) is 37.3 Å². The van der Waals surface area contributed by atoms with Gasteiger partial charge >= 0.3 is 5.69 Å². The minimum Gasteiger partial charge on any atom is -0.395 e. The van der Waals surface area contributed by atoms with Crippen molar-refractivity contribution in [3.63, 3.8) is 0 Å². The van der Waals surface area contributed by atoms with Crippen molar-refractivity contribution in [3.8, 4) is 0 Å². The van der Waals surface area contributed by atoms with E-state index in [4.69, 9.17) is 0 Å². The number of aromatic nitrogens is 4. The predicted octanol–water partition coefficient (Wildman–Crippen LogP) is 1.82. The molecule has 4 rings (SSSR count). The standard InChI is InChI=1S/C22H28BrN5O4/c1-3-26-20(31)18-19(27(9-10-29)22(26)32)25-21(24-16-5-4-6-17(16)30)28(18)12-14-8-7-13(2)15(23)11-14/h7-8,11,16-17,29-30H,3-6,9-10,12H2,1-2H3,(H,24,25). The van der Waals surface area contributed by atoms with Gasteiger partial charge in [-0.2, -0.15) is 4.98 Å². The van der Waals surface area contributed by atoms with Crippen LogP contribution in [0.15, 0.2) is 32.3 Å². The Morgan fingerprint density at radius 2 is 2.00 bits per heavy atom. The van der Waals surface area contributed by atoms with Crippen LogP contribution in [0.3, 0.4) is 0 Å². The number of aliphatic hydroxyl groups is 2. The fourth-order valence-electron chi connectivity index (χ4n) is 4.33. The summed E-state index contributed by atoms with van der Waals surface area (Å²) in [6.45, 7) is 4.10. The first-order valence-electron chi connectivity index (χ1n) is 10.9. The van der Waals surface area contributed by atoms with Gasteiger partial charge in [0.2, 0.25) is 5.95 Å². The quantitative estimate of drug-likeness (QED) is 0.451. The molecule has 32 heavy (non-hydrogen) atoms. The molecule has 3 aromatic rings. The number of aliphatic hydroxyl groups excluding tert-OH is 2. The fourth-order valence-corrected chi connectivity index (χ4v) is 4.75. The Hall–Kier alpha value is -2.43. The molecule has 1 aliphatic rings. The summed E-state index contributed by atoms with van der Waals surface area (Å²) in [6, 6.07) is 5.81. The molecule has 3 N–H and O–H groups in total. The first-order valence-corrected chi connectivity index (χ1v) is 11.7. The van der Waals surface area contributed by atoms with E-state index in [2.05, 4.69) is 26.2 Å². The molecular formula is C22H28BrN5O4. The van der Waals surface area contributed by atoms with Crippen molar-refractivity contribution >= 4 is 33.0 Å². The van der Waals surface area contributed by atoms with Crippen molar-refractivity contribution in [2.24, 2.45) is 0 Å². The summed E-state index contributed by atoms with van der Waals surface area (Å²) in [5, 5.41) is 23.2. The van der Waals surface area contributed by atoms with Crippen LogP contribution in [0.25, 0.3) is 11.2 Å². The number of hydrogen-bond donors (Lipinski definition) is 3. The number of rotatable bonds is 7. The first kappa shape index (κ1) is 22.8. The SMILES string of the molecule is CCn1c(=O)c2c(nc(NC3CCCC3O)n2Cc2ccc(C)c(Br)c2)n(CCO)c1=O. The van der Waals surface area contributed by atoms with Gasteiger partial charge in [0.15, 0.2) is 11.2 Å². The highest BCUT2D eigenvalue weighted by Gasteiger charge is 2.28. The Balaban J connectivity index is 1.95. The first-order chi connectivity index (χ1) is 15.3. The van der Waals surface area contributed by atoms with E-state index in [0.717, 1.165) is 33.0 Å². The number of halogens is 1. The van der Waals surface area contributed by atoms with Gasteiger partial charge in [-0.3, -0.25) is 18.5 Å². The maximum absolute atomic E-state index is 13.3. The maximum atomic E-state index is 13.3. The number of aryl methyl sites for hydroxylation is 1. The maximum Gasteiger partial charge on any atom is 0.332 e. The molecule has 2 unspecified atom stereocenters. The number of fused-ring (bicyclic) bond motifs is 1. The molecule has 2 aromatic heterocycles. The molecule has 1 aliphatic carbocycles. The molecule has 10 heteroatoms. The van der Waals surface area contributed by atoms with Crippen LogP contribution in [0, 0.1) is 6.92 Å². The zero-order valence-corrected chi connectivity index (χ0v) is 19.8. The van der Waals surface area contributed by atoms with Gasteiger partial charge < -0.3 is 15.5 Å². The zero-order valence-electron chi connectivity index (χ0n) is 18.2. The minimum atomic E-state index is -0.497. The lowest BCUT2D eigenvalue weighted by atomic mass is 10.1. The topological polar surface area (TPSA) is 114 Å². The average Bonchev–Trinajstić information content (AvgIpc) is 3.32. The fraction of sp³-hybridized carbons (Fsp3) is 0.500. The van der Waals surface area contributed by atoms with Crippen molar-refractivity contribution in [1.29, 1.82) is 0 Å². The van der Waals surface area contributed by atoms with Gasteiger partial charge in [-0.25, -0.2) is 4.79 Å². The van der Waals surface area contributed by atoms with Crippen LogP contribution < -0.4 is 16.6 Å². The summed E-state index contributed by atoms with van der Waals surface area (Å²) >= 11 is 3.56. The van der Waals surface area contributed by atoms with Crippen molar-refractivity contribution in [2.45, 2.75) is 64.9 Å². The monoisotopic (exact) mass is 505 g/mol. The molecule has 2 atom stereocenters. The van der Waals surface area contributed by atoms with E-state index in [9.17, 15) is 19.8 Å². The number of imidazole rings is 1. The third kappa shape index (κ3) is 4.02. The Morgan fingerprint density at radius 3 is 2.62 bits per heavy atom.